The van der Waals surface area contributed by atoms with E-state index in [1.54, 1.807) is 7.11 Å². The average molecular weight is 276 g/mol. The van der Waals surface area contributed by atoms with Crippen LogP contribution in [-0.2, 0) is 0 Å². The van der Waals surface area contributed by atoms with Crippen LogP contribution in [0, 0.1) is 5.92 Å². The molecule has 1 aromatic carbocycles. The molecule has 3 nitrogen and oxygen atoms in total. The molecule has 1 unspecified atom stereocenters. The van der Waals surface area contributed by atoms with Crippen LogP contribution in [-0.4, -0.2) is 33.8 Å². The lowest BCUT2D eigenvalue weighted by atomic mass is 9.83. The Hall–Kier alpha value is -1.22. The zero-order chi connectivity index (χ0) is 14.4. The van der Waals surface area contributed by atoms with Gasteiger partial charge in [0.15, 0.2) is 0 Å². The monoisotopic (exact) mass is 276 g/mol. The Kier molecular flexibility index (Phi) is 5.72. The summed E-state index contributed by atoms with van der Waals surface area (Å²) in [7, 11) is 5.99. The second kappa shape index (κ2) is 7.53. The van der Waals surface area contributed by atoms with Gasteiger partial charge in [-0.3, -0.25) is 0 Å². The molecule has 1 saturated carbocycles. The van der Waals surface area contributed by atoms with Gasteiger partial charge in [0, 0.05) is 19.6 Å². The highest BCUT2D eigenvalue weighted by molar-refractivity contribution is 5.57. The number of para-hydroxylation sites is 2. The van der Waals surface area contributed by atoms with Crippen LogP contribution >= 0.6 is 0 Å². The molecule has 0 radical (unpaired) electrons. The Labute approximate surface area is 123 Å². The number of anilines is 1. The maximum Gasteiger partial charge on any atom is 0.142 e. The summed E-state index contributed by atoms with van der Waals surface area (Å²) in [6.45, 7) is 1.03. The lowest BCUT2D eigenvalue weighted by Gasteiger charge is -2.34. The van der Waals surface area contributed by atoms with E-state index in [4.69, 9.17) is 4.74 Å². The zero-order valence-electron chi connectivity index (χ0n) is 13.1. The molecule has 2 rings (SSSR count). The SMILES string of the molecule is CNC(CN(C)c1ccccc1OC)C1CCCCC1. The number of hydrogen-bond donors (Lipinski definition) is 1. The van der Waals surface area contributed by atoms with E-state index >= 15 is 0 Å². The molecule has 0 aromatic heterocycles. The van der Waals surface area contributed by atoms with Gasteiger partial charge < -0.3 is 15.0 Å². The van der Waals surface area contributed by atoms with Crippen molar-refractivity contribution in [3.63, 3.8) is 0 Å². The molecule has 0 heterocycles. The van der Waals surface area contributed by atoms with Crippen LogP contribution in [0.5, 0.6) is 5.75 Å². The maximum atomic E-state index is 5.47. The topological polar surface area (TPSA) is 24.5 Å². The molecule has 0 bridgehead atoms. The predicted molar refractivity (Wildman–Crippen MR) is 85.7 cm³/mol. The highest BCUT2D eigenvalue weighted by Crippen LogP contribution is 2.30. The summed E-state index contributed by atoms with van der Waals surface area (Å²) < 4.78 is 5.47. The summed E-state index contributed by atoms with van der Waals surface area (Å²) in [4.78, 5) is 2.31. The molecule has 1 aliphatic rings. The van der Waals surface area contributed by atoms with Crippen molar-refractivity contribution >= 4 is 5.69 Å². The summed E-state index contributed by atoms with van der Waals surface area (Å²) in [6, 6.07) is 8.81. The Morgan fingerprint density at radius 3 is 2.60 bits per heavy atom. The molecular formula is C17H28N2O. The number of likely N-dealkylation sites (N-methyl/N-ethyl adjacent to an activating group) is 2. The lowest BCUT2D eigenvalue weighted by Crippen LogP contribution is -2.43. The van der Waals surface area contributed by atoms with E-state index in [9.17, 15) is 0 Å². The number of methoxy groups -OCH3 is 1. The third-order valence-electron chi connectivity index (χ3n) is 4.56. The highest BCUT2D eigenvalue weighted by Gasteiger charge is 2.24. The second-order valence-electron chi connectivity index (χ2n) is 5.85. The van der Waals surface area contributed by atoms with Gasteiger partial charge >= 0.3 is 0 Å². The van der Waals surface area contributed by atoms with Crippen LogP contribution < -0.4 is 15.0 Å². The summed E-state index contributed by atoms with van der Waals surface area (Å²) in [5, 5.41) is 3.53. The Balaban J connectivity index is 2.02. The van der Waals surface area contributed by atoms with Crippen LogP contribution in [0.4, 0.5) is 5.69 Å². The number of benzene rings is 1. The molecule has 1 atom stereocenters. The minimum Gasteiger partial charge on any atom is -0.495 e. The third kappa shape index (κ3) is 3.66. The van der Waals surface area contributed by atoms with Gasteiger partial charge in [-0.25, -0.2) is 0 Å². The van der Waals surface area contributed by atoms with Crippen LogP contribution in [0.3, 0.4) is 0 Å². The van der Waals surface area contributed by atoms with E-state index < -0.39 is 0 Å². The molecule has 1 aliphatic carbocycles. The maximum absolute atomic E-state index is 5.47. The van der Waals surface area contributed by atoms with Gasteiger partial charge in [-0.1, -0.05) is 31.4 Å². The molecule has 112 valence electrons. The number of nitrogens with one attached hydrogen (secondary N) is 1. The Bertz CT molecular complexity index is 402. The van der Waals surface area contributed by atoms with Crippen molar-refractivity contribution in [2.24, 2.45) is 5.92 Å². The summed E-state index contributed by atoms with van der Waals surface area (Å²) in [5.74, 6) is 1.76. The zero-order valence-corrected chi connectivity index (χ0v) is 13.1. The van der Waals surface area contributed by atoms with Crippen LogP contribution in [0.1, 0.15) is 32.1 Å². The first-order valence-corrected chi connectivity index (χ1v) is 7.77. The van der Waals surface area contributed by atoms with Crippen molar-refractivity contribution in [1.82, 2.24) is 5.32 Å². The third-order valence-corrected chi connectivity index (χ3v) is 4.56. The van der Waals surface area contributed by atoms with Gasteiger partial charge in [0.2, 0.25) is 0 Å². The first-order chi connectivity index (χ1) is 9.76. The first-order valence-electron chi connectivity index (χ1n) is 7.77. The van der Waals surface area contributed by atoms with Gasteiger partial charge in [0.1, 0.15) is 5.75 Å². The quantitative estimate of drug-likeness (QED) is 0.863. The standard InChI is InChI=1S/C17H28N2O/c1-18-15(14-9-5-4-6-10-14)13-19(2)16-11-7-8-12-17(16)20-3/h7-8,11-12,14-15,18H,4-6,9-10,13H2,1-3H3. The van der Waals surface area contributed by atoms with Gasteiger partial charge in [-0.15, -0.1) is 0 Å². The number of ether oxygens (including phenoxy) is 1. The van der Waals surface area contributed by atoms with Crippen LogP contribution in [0.15, 0.2) is 24.3 Å². The minimum atomic E-state index is 0.560. The lowest BCUT2D eigenvalue weighted by molar-refractivity contribution is 0.280. The van der Waals surface area contributed by atoms with E-state index in [-0.39, 0.29) is 0 Å². The fourth-order valence-electron chi connectivity index (χ4n) is 3.35. The molecule has 0 amide bonds. The van der Waals surface area contributed by atoms with Crippen molar-refractivity contribution in [1.29, 1.82) is 0 Å². The fourth-order valence-corrected chi connectivity index (χ4v) is 3.35. The van der Waals surface area contributed by atoms with Crippen molar-refractivity contribution < 1.29 is 4.74 Å². The van der Waals surface area contributed by atoms with E-state index in [1.807, 2.05) is 12.1 Å². The van der Waals surface area contributed by atoms with Gasteiger partial charge in [0.25, 0.3) is 0 Å². The fraction of sp³-hybridized carbons (Fsp3) is 0.647. The number of rotatable bonds is 6. The van der Waals surface area contributed by atoms with Crippen molar-refractivity contribution in [3.05, 3.63) is 24.3 Å². The second-order valence-corrected chi connectivity index (χ2v) is 5.85. The molecule has 1 fully saturated rings. The highest BCUT2D eigenvalue weighted by atomic mass is 16.5. The molecule has 1 aromatic rings. The number of hydrogen-bond acceptors (Lipinski definition) is 3. The first kappa shape index (κ1) is 15.2. The Morgan fingerprint density at radius 2 is 1.95 bits per heavy atom. The van der Waals surface area contributed by atoms with Gasteiger partial charge in [0.05, 0.1) is 12.8 Å². The molecule has 0 saturated heterocycles. The van der Waals surface area contributed by atoms with Gasteiger partial charge in [-0.05, 0) is 37.9 Å². The van der Waals surface area contributed by atoms with Crippen LogP contribution in [0.2, 0.25) is 0 Å². The molecule has 0 spiro atoms. The van der Waals surface area contributed by atoms with E-state index in [0.29, 0.717) is 6.04 Å². The summed E-state index contributed by atoms with van der Waals surface area (Å²) in [6.07, 6.45) is 6.92. The van der Waals surface area contributed by atoms with E-state index in [0.717, 1.165) is 18.2 Å². The molecule has 3 heteroatoms. The normalized spacial score (nSPS) is 17.8. The smallest absolute Gasteiger partial charge is 0.142 e. The van der Waals surface area contributed by atoms with Gasteiger partial charge in [-0.2, -0.15) is 0 Å². The predicted octanol–water partition coefficient (Wildman–Crippen LogP) is 3.30. The number of nitrogens with zero attached hydrogens (tertiary/aromatic N) is 1. The average Bonchev–Trinajstić information content (AvgIpc) is 2.53. The summed E-state index contributed by atoms with van der Waals surface area (Å²) >= 11 is 0. The van der Waals surface area contributed by atoms with E-state index in [2.05, 4.69) is 36.4 Å². The van der Waals surface area contributed by atoms with Crippen molar-refractivity contribution in [2.75, 3.05) is 32.6 Å². The molecular weight excluding hydrogens is 248 g/mol. The summed E-state index contributed by atoms with van der Waals surface area (Å²) in [5.41, 5.74) is 1.17. The van der Waals surface area contributed by atoms with Crippen molar-refractivity contribution in [3.8, 4) is 5.75 Å². The molecule has 20 heavy (non-hydrogen) atoms. The van der Waals surface area contributed by atoms with Crippen molar-refractivity contribution in [2.45, 2.75) is 38.1 Å². The molecule has 0 aliphatic heterocycles. The minimum absolute atomic E-state index is 0.560. The molecule has 1 N–H and O–H groups in total. The van der Waals surface area contributed by atoms with Crippen LogP contribution in [0.25, 0.3) is 0 Å². The Morgan fingerprint density at radius 1 is 1.25 bits per heavy atom. The largest absolute Gasteiger partial charge is 0.495 e. The van der Waals surface area contributed by atoms with E-state index in [1.165, 1.54) is 37.8 Å².